The zero-order chi connectivity index (χ0) is 25.0. The van der Waals surface area contributed by atoms with E-state index in [0.29, 0.717) is 48.2 Å². The zero-order valence-electron chi connectivity index (χ0n) is 19.5. The highest BCUT2D eigenvalue weighted by molar-refractivity contribution is 6.23. The Morgan fingerprint density at radius 1 is 0.500 bits per heavy atom. The quantitative estimate of drug-likeness (QED) is 0.377. The number of carbonyl (C=O) groups is 5. The van der Waals surface area contributed by atoms with Crippen molar-refractivity contribution in [1.29, 1.82) is 0 Å². The summed E-state index contributed by atoms with van der Waals surface area (Å²) in [5.41, 5.74) is 1.76. The van der Waals surface area contributed by atoms with Crippen LogP contribution in [0.5, 0.6) is 0 Å². The molecule has 4 unspecified atom stereocenters. The highest BCUT2D eigenvalue weighted by atomic mass is 16.2. The van der Waals surface area contributed by atoms with Gasteiger partial charge in [-0.15, -0.1) is 0 Å². The lowest BCUT2D eigenvalue weighted by Crippen LogP contribution is -2.31. The third-order valence-electron chi connectivity index (χ3n) is 7.79. The molecule has 2 aromatic carbocycles. The number of imide groups is 2. The summed E-state index contributed by atoms with van der Waals surface area (Å²) >= 11 is 0. The van der Waals surface area contributed by atoms with Crippen molar-refractivity contribution in [2.75, 3.05) is 9.80 Å². The predicted molar refractivity (Wildman–Crippen MR) is 132 cm³/mol. The Balaban J connectivity index is 1.18. The summed E-state index contributed by atoms with van der Waals surface area (Å²) < 4.78 is 0. The molecule has 2 aliphatic heterocycles. The molecule has 4 amide bonds. The van der Waals surface area contributed by atoms with Gasteiger partial charge in [-0.3, -0.25) is 33.8 Å². The number of hydrogen-bond acceptors (Lipinski definition) is 5. The molecule has 0 saturated carbocycles. The highest BCUT2D eigenvalue weighted by Crippen LogP contribution is 2.39. The normalized spacial score (nSPS) is 27.0. The van der Waals surface area contributed by atoms with E-state index in [9.17, 15) is 24.0 Å². The molecule has 2 fully saturated rings. The van der Waals surface area contributed by atoms with Crippen LogP contribution in [0.25, 0.3) is 0 Å². The van der Waals surface area contributed by atoms with E-state index < -0.39 is 0 Å². The number of allylic oxidation sites excluding steroid dienone is 4. The van der Waals surface area contributed by atoms with E-state index in [4.69, 9.17) is 0 Å². The third kappa shape index (κ3) is 3.38. The summed E-state index contributed by atoms with van der Waals surface area (Å²) in [4.78, 5) is 66.8. The number of hydrogen-bond donors (Lipinski definition) is 0. The van der Waals surface area contributed by atoms with E-state index >= 15 is 0 Å². The summed E-state index contributed by atoms with van der Waals surface area (Å²) in [6, 6.07) is 12.9. The van der Waals surface area contributed by atoms with E-state index in [2.05, 4.69) is 0 Å². The largest absolute Gasteiger partial charge is 0.289 e. The van der Waals surface area contributed by atoms with Crippen molar-refractivity contribution in [3.63, 3.8) is 0 Å². The maximum absolute atomic E-state index is 13.1. The first-order valence-corrected chi connectivity index (χ1v) is 12.3. The van der Waals surface area contributed by atoms with Crippen molar-refractivity contribution in [2.24, 2.45) is 23.7 Å². The van der Waals surface area contributed by atoms with Gasteiger partial charge in [-0.2, -0.15) is 0 Å². The predicted octanol–water partition coefficient (Wildman–Crippen LogP) is 3.83. The van der Waals surface area contributed by atoms with Crippen molar-refractivity contribution in [1.82, 2.24) is 0 Å². The molecule has 36 heavy (non-hydrogen) atoms. The average Bonchev–Trinajstić information content (AvgIpc) is 3.33. The molecule has 2 aliphatic carbocycles. The Kier molecular flexibility index (Phi) is 5.29. The van der Waals surface area contributed by atoms with E-state index in [1.807, 2.05) is 24.3 Å². The smallest absolute Gasteiger partial charge is 0.238 e. The molecular formula is C29H24N2O5. The summed E-state index contributed by atoms with van der Waals surface area (Å²) in [5, 5.41) is 0. The summed E-state index contributed by atoms with van der Waals surface area (Å²) in [7, 11) is 0. The van der Waals surface area contributed by atoms with Crippen molar-refractivity contribution in [2.45, 2.75) is 25.7 Å². The van der Waals surface area contributed by atoms with Crippen LogP contribution in [-0.4, -0.2) is 29.4 Å². The van der Waals surface area contributed by atoms with E-state index in [1.54, 1.807) is 48.5 Å². The van der Waals surface area contributed by atoms with Crippen molar-refractivity contribution in [3.8, 4) is 0 Å². The lowest BCUT2D eigenvalue weighted by molar-refractivity contribution is -0.124. The lowest BCUT2D eigenvalue weighted by atomic mass is 9.85. The summed E-state index contributed by atoms with van der Waals surface area (Å²) in [5.74, 6) is -2.22. The molecule has 0 spiro atoms. The molecule has 0 bridgehead atoms. The number of nitrogens with zero attached hydrogens (tertiary/aromatic N) is 2. The fraction of sp³-hybridized carbons (Fsp3) is 0.276. The molecule has 2 saturated heterocycles. The monoisotopic (exact) mass is 480 g/mol. The van der Waals surface area contributed by atoms with E-state index in [-0.39, 0.29) is 53.1 Å². The number of anilines is 2. The molecule has 7 heteroatoms. The van der Waals surface area contributed by atoms with E-state index in [0.717, 1.165) is 0 Å². The first kappa shape index (κ1) is 22.3. The minimum absolute atomic E-state index is 0.189. The van der Waals surface area contributed by atoms with Crippen LogP contribution in [0.1, 0.15) is 41.6 Å². The average molecular weight is 481 g/mol. The molecule has 2 aromatic rings. The molecule has 6 rings (SSSR count). The van der Waals surface area contributed by atoms with Gasteiger partial charge in [-0.1, -0.05) is 24.3 Å². The van der Waals surface area contributed by atoms with Crippen LogP contribution >= 0.6 is 0 Å². The Bertz CT molecular complexity index is 1200. The molecule has 4 atom stereocenters. The van der Waals surface area contributed by atoms with Gasteiger partial charge >= 0.3 is 0 Å². The second-order valence-electron chi connectivity index (χ2n) is 9.76. The Morgan fingerprint density at radius 2 is 0.778 bits per heavy atom. The standard InChI is InChI=1S/C29H24N2O5/c32-25(17-9-13-19(14-10-17)30-26(33)21-5-1-2-6-22(21)27(30)34)18-11-15-20(16-12-18)31-28(35)23-7-3-4-8-24(23)29(31)36/h1-4,9-16,21-24H,5-8H2. The van der Waals surface area contributed by atoms with Gasteiger partial charge in [0.2, 0.25) is 23.6 Å². The molecule has 2 heterocycles. The Labute approximate surface area is 208 Å². The topological polar surface area (TPSA) is 91.8 Å². The van der Waals surface area contributed by atoms with Crippen molar-refractivity contribution >= 4 is 40.8 Å². The number of benzene rings is 2. The van der Waals surface area contributed by atoms with Gasteiger partial charge in [-0.05, 0) is 74.2 Å². The van der Waals surface area contributed by atoms with Gasteiger partial charge in [-0.25, -0.2) is 0 Å². The molecule has 0 N–H and O–H groups in total. The van der Waals surface area contributed by atoms with Crippen molar-refractivity contribution < 1.29 is 24.0 Å². The van der Waals surface area contributed by atoms with Gasteiger partial charge in [0, 0.05) is 11.1 Å². The van der Waals surface area contributed by atoms with Crippen LogP contribution < -0.4 is 9.80 Å². The first-order valence-electron chi connectivity index (χ1n) is 12.3. The number of amides is 4. The molecular weight excluding hydrogens is 456 g/mol. The molecule has 0 aromatic heterocycles. The molecule has 180 valence electrons. The number of ketones is 1. The van der Waals surface area contributed by atoms with Gasteiger partial charge < -0.3 is 0 Å². The fourth-order valence-electron chi connectivity index (χ4n) is 5.80. The zero-order valence-corrected chi connectivity index (χ0v) is 19.5. The summed E-state index contributed by atoms with van der Waals surface area (Å²) in [6.07, 6.45) is 10.1. The van der Waals surface area contributed by atoms with Crippen LogP contribution in [0.15, 0.2) is 72.8 Å². The first-order chi connectivity index (χ1) is 17.5. The second kappa shape index (κ2) is 8.52. The number of carbonyl (C=O) groups excluding carboxylic acids is 5. The minimum Gasteiger partial charge on any atom is -0.289 e. The Morgan fingerprint density at radius 3 is 1.06 bits per heavy atom. The maximum Gasteiger partial charge on any atom is 0.238 e. The number of fused-ring (bicyclic) bond motifs is 2. The van der Waals surface area contributed by atoms with Gasteiger partial charge in [0.25, 0.3) is 0 Å². The lowest BCUT2D eigenvalue weighted by Gasteiger charge is -2.16. The van der Waals surface area contributed by atoms with Crippen LogP contribution in [0.3, 0.4) is 0 Å². The van der Waals surface area contributed by atoms with Crippen LogP contribution in [0.4, 0.5) is 11.4 Å². The molecule has 0 radical (unpaired) electrons. The Hall–Kier alpha value is -4.13. The third-order valence-corrected chi connectivity index (χ3v) is 7.79. The minimum atomic E-state index is -0.308. The van der Waals surface area contributed by atoms with Gasteiger partial charge in [0.1, 0.15) is 0 Å². The number of rotatable bonds is 4. The maximum atomic E-state index is 13.1. The highest BCUT2D eigenvalue weighted by Gasteiger charge is 2.48. The van der Waals surface area contributed by atoms with Crippen LogP contribution in [0.2, 0.25) is 0 Å². The van der Waals surface area contributed by atoms with Crippen LogP contribution in [-0.2, 0) is 19.2 Å². The van der Waals surface area contributed by atoms with Crippen molar-refractivity contribution in [3.05, 3.63) is 84.0 Å². The molecule has 7 nitrogen and oxygen atoms in total. The van der Waals surface area contributed by atoms with E-state index in [1.165, 1.54) is 9.80 Å². The fourth-order valence-corrected chi connectivity index (χ4v) is 5.80. The van der Waals surface area contributed by atoms with Crippen LogP contribution in [0, 0.1) is 23.7 Å². The van der Waals surface area contributed by atoms with Gasteiger partial charge in [0.15, 0.2) is 5.78 Å². The molecule has 4 aliphatic rings. The SMILES string of the molecule is O=C(c1ccc(N2C(=O)C3CC=CCC3C2=O)cc1)c1ccc(N2C(=O)C3CC=CCC3C2=O)cc1. The van der Waals surface area contributed by atoms with Gasteiger partial charge in [0.05, 0.1) is 35.0 Å². The summed E-state index contributed by atoms with van der Waals surface area (Å²) in [6.45, 7) is 0. The second-order valence-corrected chi connectivity index (χ2v) is 9.76.